The molecule has 0 bridgehead atoms. The van der Waals surface area contributed by atoms with Crippen LogP contribution in [0.25, 0.3) is 0 Å². The maximum absolute atomic E-state index is 12.4. The third-order valence-electron chi connectivity index (χ3n) is 4.69. The van der Waals surface area contributed by atoms with Crippen molar-refractivity contribution in [3.8, 4) is 0 Å². The van der Waals surface area contributed by atoms with Crippen LogP contribution in [0.15, 0.2) is 6.07 Å². The predicted molar refractivity (Wildman–Crippen MR) is 108 cm³/mol. The highest BCUT2D eigenvalue weighted by Gasteiger charge is 2.25. The lowest BCUT2D eigenvalue weighted by atomic mass is 10.1. The summed E-state index contributed by atoms with van der Waals surface area (Å²) in [5, 5.41) is 10.4. The number of ether oxygens (including phenoxy) is 1. The zero-order valence-electron chi connectivity index (χ0n) is 18.0. The first-order valence-corrected chi connectivity index (χ1v) is 10.1. The Bertz CT molecular complexity index is 672. The Morgan fingerprint density at radius 3 is 2.46 bits per heavy atom. The van der Waals surface area contributed by atoms with E-state index >= 15 is 0 Å². The van der Waals surface area contributed by atoms with E-state index in [0.717, 1.165) is 30.8 Å². The number of hydrogen-bond acceptors (Lipinski definition) is 4. The van der Waals surface area contributed by atoms with E-state index in [1.807, 2.05) is 44.2 Å². The molecule has 1 aromatic heterocycles. The molecule has 0 saturated carbocycles. The fourth-order valence-electron chi connectivity index (χ4n) is 3.29. The van der Waals surface area contributed by atoms with E-state index < -0.39 is 11.7 Å². The van der Waals surface area contributed by atoms with Gasteiger partial charge in [0.1, 0.15) is 5.60 Å². The van der Waals surface area contributed by atoms with Crippen molar-refractivity contribution in [2.24, 2.45) is 5.92 Å². The lowest BCUT2D eigenvalue weighted by Gasteiger charge is -2.33. The van der Waals surface area contributed by atoms with Crippen molar-refractivity contribution >= 4 is 12.1 Å². The van der Waals surface area contributed by atoms with Gasteiger partial charge in [0.25, 0.3) is 0 Å². The molecule has 2 rings (SSSR count). The van der Waals surface area contributed by atoms with Crippen LogP contribution in [0.1, 0.15) is 51.9 Å². The van der Waals surface area contributed by atoms with Gasteiger partial charge in [-0.05, 0) is 59.4 Å². The summed E-state index contributed by atoms with van der Waals surface area (Å²) in [7, 11) is 0. The number of hydrogen-bond donors (Lipinski definition) is 2. The first-order valence-electron chi connectivity index (χ1n) is 10.1. The molecule has 1 aliphatic heterocycles. The molecule has 0 aliphatic carbocycles. The van der Waals surface area contributed by atoms with Crippen molar-refractivity contribution in [2.45, 2.75) is 72.6 Å². The Balaban J connectivity index is 1.69. The quantitative estimate of drug-likeness (QED) is 0.805. The molecule has 0 aromatic carbocycles. The lowest BCUT2D eigenvalue weighted by molar-refractivity contribution is 0.0485. The molecular formula is C20H35N5O3. The van der Waals surface area contributed by atoms with E-state index in [0.29, 0.717) is 19.6 Å². The Labute approximate surface area is 168 Å². The van der Waals surface area contributed by atoms with Crippen LogP contribution in [0.4, 0.5) is 9.59 Å². The van der Waals surface area contributed by atoms with Gasteiger partial charge in [0.05, 0.1) is 5.69 Å². The number of rotatable bonds is 5. The minimum absolute atomic E-state index is 0.0452. The molecule has 1 aliphatic rings. The molecule has 8 heteroatoms. The molecule has 2 N–H and O–H groups in total. The van der Waals surface area contributed by atoms with Crippen molar-refractivity contribution in [3.05, 3.63) is 17.5 Å². The second-order valence-corrected chi connectivity index (χ2v) is 8.81. The number of alkyl carbamates (subject to hydrolysis) is 1. The molecule has 1 fully saturated rings. The first-order chi connectivity index (χ1) is 13.0. The van der Waals surface area contributed by atoms with Crippen molar-refractivity contribution in [1.82, 2.24) is 25.3 Å². The highest BCUT2D eigenvalue weighted by Crippen LogP contribution is 2.13. The molecule has 0 spiro atoms. The number of carbonyl (C=O) groups excluding carboxylic acids is 2. The summed E-state index contributed by atoms with van der Waals surface area (Å²) >= 11 is 0. The Morgan fingerprint density at radius 1 is 1.29 bits per heavy atom. The smallest absolute Gasteiger partial charge is 0.407 e. The zero-order valence-corrected chi connectivity index (χ0v) is 18.0. The largest absolute Gasteiger partial charge is 0.444 e. The van der Waals surface area contributed by atoms with Crippen LogP contribution in [0.2, 0.25) is 0 Å². The summed E-state index contributed by atoms with van der Waals surface area (Å²) in [6, 6.07) is 2.06. The predicted octanol–water partition coefficient (Wildman–Crippen LogP) is 2.83. The third kappa shape index (κ3) is 7.05. The number of nitrogens with zero attached hydrogens (tertiary/aromatic N) is 3. The van der Waals surface area contributed by atoms with Gasteiger partial charge < -0.3 is 20.3 Å². The van der Waals surface area contributed by atoms with Crippen LogP contribution < -0.4 is 10.6 Å². The fourth-order valence-corrected chi connectivity index (χ4v) is 3.29. The van der Waals surface area contributed by atoms with Gasteiger partial charge in [-0.1, -0.05) is 6.92 Å². The standard InChI is InChI=1S/C20H35N5O3/c1-14(13-25-16(3)11-15(2)23-25)12-21-18(26)24-9-7-17(8-10-24)22-19(27)28-20(4,5)6/h11,14,17H,7-10,12-13H2,1-6H3,(H,21,26)(H,22,27). The van der Waals surface area contributed by atoms with Crippen LogP contribution in [0.5, 0.6) is 0 Å². The minimum atomic E-state index is -0.505. The number of amides is 3. The van der Waals surface area contributed by atoms with Crippen molar-refractivity contribution in [3.63, 3.8) is 0 Å². The van der Waals surface area contributed by atoms with Crippen LogP contribution in [0, 0.1) is 19.8 Å². The second-order valence-electron chi connectivity index (χ2n) is 8.81. The normalized spacial score (nSPS) is 16.6. The average Bonchev–Trinajstić information content (AvgIpc) is 2.88. The summed E-state index contributed by atoms with van der Waals surface area (Å²) in [5.41, 5.74) is 1.64. The van der Waals surface area contributed by atoms with E-state index in [2.05, 4.69) is 28.7 Å². The summed E-state index contributed by atoms with van der Waals surface area (Å²) < 4.78 is 7.27. The van der Waals surface area contributed by atoms with Gasteiger partial charge in [-0.25, -0.2) is 9.59 Å². The number of likely N-dealkylation sites (tertiary alicyclic amines) is 1. The topological polar surface area (TPSA) is 88.5 Å². The van der Waals surface area contributed by atoms with Crippen LogP contribution in [-0.2, 0) is 11.3 Å². The van der Waals surface area contributed by atoms with Crippen LogP contribution in [0.3, 0.4) is 0 Å². The van der Waals surface area contributed by atoms with Gasteiger partial charge in [0.15, 0.2) is 0 Å². The molecular weight excluding hydrogens is 358 g/mol. The number of nitrogens with one attached hydrogen (secondary N) is 2. The van der Waals surface area contributed by atoms with Crippen molar-refractivity contribution in [1.29, 1.82) is 0 Å². The lowest BCUT2D eigenvalue weighted by Crippen LogP contribution is -2.50. The molecule has 2 heterocycles. The number of aromatic nitrogens is 2. The van der Waals surface area contributed by atoms with Crippen molar-refractivity contribution < 1.29 is 14.3 Å². The van der Waals surface area contributed by atoms with E-state index in [9.17, 15) is 9.59 Å². The minimum Gasteiger partial charge on any atom is -0.444 e. The monoisotopic (exact) mass is 393 g/mol. The summed E-state index contributed by atoms with van der Waals surface area (Å²) in [4.78, 5) is 26.1. The number of aryl methyl sites for hydroxylation is 2. The molecule has 158 valence electrons. The Kier molecular flexibility index (Phi) is 7.32. The fraction of sp³-hybridized carbons (Fsp3) is 0.750. The molecule has 8 nitrogen and oxygen atoms in total. The second kappa shape index (κ2) is 9.30. The summed E-state index contributed by atoms with van der Waals surface area (Å²) in [6.07, 6.45) is 1.07. The molecule has 0 radical (unpaired) electrons. The number of urea groups is 1. The third-order valence-corrected chi connectivity index (χ3v) is 4.69. The molecule has 3 amide bonds. The Morgan fingerprint density at radius 2 is 1.93 bits per heavy atom. The van der Waals surface area contributed by atoms with Gasteiger partial charge in [-0.2, -0.15) is 5.10 Å². The molecule has 28 heavy (non-hydrogen) atoms. The van der Waals surface area contributed by atoms with Gasteiger partial charge in [-0.15, -0.1) is 0 Å². The summed E-state index contributed by atoms with van der Waals surface area (Å²) in [6.45, 7) is 14.3. The van der Waals surface area contributed by atoms with Gasteiger partial charge in [-0.3, -0.25) is 4.68 Å². The van der Waals surface area contributed by atoms with Gasteiger partial charge >= 0.3 is 12.1 Å². The van der Waals surface area contributed by atoms with Gasteiger partial charge in [0.2, 0.25) is 0 Å². The SMILES string of the molecule is Cc1cc(C)n(CC(C)CNC(=O)N2CCC(NC(=O)OC(C)(C)C)CC2)n1. The highest BCUT2D eigenvalue weighted by atomic mass is 16.6. The first kappa shape index (κ1) is 22.0. The Hall–Kier alpha value is -2.25. The molecule has 1 saturated heterocycles. The average molecular weight is 394 g/mol. The number of piperidine rings is 1. The van der Waals surface area contributed by atoms with Crippen LogP contribution in [-0.4, -0.2) is 58.1 Å². The molecule has 1 unspecified atom stereocenters. The maximum atomic E-state index is 12.4. The maximum Gasteiger partial charge on any atom is 0.407 e. The van der Waals surface area contributed by atoms with Gasteiger partial charge in [0, 0.05) is 37.9 Å². The summed E-state index contributed by atoms with van der Waals surface area (Å²) in [5.74, 6) is 0.285. The van der Waals surface area contributed by atoms with E-state index in [1.165, 1.54) is 0 Å². The highest BCUT2D eigenvalue weighted by molar-refractivity contribution is 5.74. The zero-order chi connectivity index (χ0) is 20.9. The van der Waals surface area contributed by atoms with Crippen LogP contribution >= 0.6 is 0 Å². The molecule has 1 aromatic rings. The van der Waals surface area contributed by atoms with E-state index in [-0.39, 0.29) is 18.0 Å². The molecule has 1 atom stereocenters. The van der Waals surface area contributed by atoms with E-state index in [1.54, 1.807) is 0 Å². The number of carbonyl (C=O) groups is 2. The van der Waals surface area contributed by atoms with E-state index in [4.69, 9.17) is 4.74 Å². The van der Waals surface area contributed by atoms with Crippen molar-refractivity contribution in [2.75, 3.05) is 19.6 Å².